The van der Waals surface area contributed by atoms with E-state index in [1.54, 1.807) is 13.0 Å². The Bertz CT molecular complexity index is 438. The summed E-state index contributed by atoms with van der Waals surface area (Å²) in [5.74, 6) is 4.84. The molecule has 5 heteroatoms. The molecular weight excluding hydrogens is 183 g/mol. The number of hydrogen-bond donors (Lipinski definition) is 0. The van der Waals surface area contributed by atoms with Gasteiger partial charge in [0.15, 0.2) is 0 Å². The van der Waals surface area contributed by atoms with Crippen LogP contribution < -0.4 is 0 Å². The van der Waals surface area contributed by atoms with Gasteiger partial charge in [-0.2, -0.15) is 4.39 Å². The van der Waals surface area contributed by atoms with Crippen LogP contribution in [-0.4, -0.2) is 11.5 Å². The summed E-state index contributed by atoms with van der Waals surface area (Å²) in [4.78, 5) is 6.15. The molecule has 0 atom stereocenters. The largest absolute Gasteiger partial charge is 0.224 e. The van der Waals surface area contributed by atoms with Crippen molar-refractivity contribution in [2.45, 2.75) is 6.92 Å². The third-order valence-electron chi connectivity index (χ3n) is 1.49. The van der Waals surface area contributed by atoms with Crippen molar-refractivity contribution in [3.63, 3.8) is 0 Å². The van der Waals surface area contributed by atoms with Crippen molar-refractivity contribution in [3.05, 3.63) is 39.8 Å². The van der Waals surface area contributed by atoms with Crippen LogP contribution in [0.5, 0.6) is 0 Å². The van der Waals surface area contributed by atoms with Gasteiger partial charge in [0.25, 0.3) is 0 Å². The van der Waals surface area contributed by atoms with E-state index in [9.17, 15) is 4.39 Å². The van der Waals surface area contributed by atoms with Crippen LogP contribution in [0.4, 0.5) is 4.39 Å². The Balaban J connectivity index is 2.84. The second-order valence-electron chi connectivity index (χ2n) is 2.46. The number of hydrogen-bond acceptors (Lipinski definition) is 2. The number of aryl methyl sites for hydroxylation is 1. The second-order valence-corrected chi connectivity index (χ2v) is 2.46. The first kappa shape index (κ1) is 10.0. The maximum absolute atomic E-state index is 12.6. The molecule has 14 heavy (non-hydrogen) atoms. The van der Waals surface area contributed by atoms with Crippen LogP contribution in [0.2, 0.25) is 0 Å². The number of azide groups is 1. The molecule has 1 heterocycles. The number of nitrogens with zero attached hydrogens (tertiary/aromatic N) is 4. The van der Waals surface area contributed by atoms with E-state index in [0.717, 1.165) is 0 Å². The SMILES string of the molecule is Cc1nc(F)ccc1C#CCN=[N+]=[N-]. The van der Waals surface area contributed by atoms with Gasteiger partial charge in [-0.15, -0.1) is 0 Å². The lowest BCUT2D eigenvalue weighted by molar-refractivity contribution is 0.579. The highest BCUT2D eigenvalue weighted by Gasteiger charge is 1.96. The molecule has 1 aromatic rings. The molecule has 0 aliphatic rings. The van der Waals surface area contributed by atoms with Gasteiger partial charge in [0, 0.05) is 10.5 Å². The molecular formula is C9H7FN4. The summed E-state index contributed by atoms with van der Waals surface area (Å²) in [6.07, 6.45) is 0. The Hall–Kier alpha value is -2.05. The minimum Gasteiger partial charge on any atom is -0.224 e. The van der Waals surface area contributed by atoms with Crippen LogP contribution >= 0.6 is 0 Å². The fourth-order valence-electron chi connectivity index (χ4n) is 0.864. The van der Waals surface area contributed by atoms with Gasteiger partial charge in [-0.3, -0.25) is 0 Å². The van der Waals surface area contributed by atoms with Crippen LogP contribution in [0.3, 0.4) is 0 Å². The van der Waals surface area contributed by atoms with Gasteiger partial charge in [-0.25, -0.2) is 4.98 Å². The first-order valence-corrected chi connectivity index (χ1v) is 3.87. The summed E-state index contributed by atoms with van der Waals surface area (Å²) >= 11 is 0. The van der Waals surface area contributed by atoms with Crippen LogP contribution in [0.1, 0.15) is 11.3 Å². The number of halogens is 1. The van der Waals surface area contributed by atoms with Gasteiger partial charge >= 0.3 is 0 Å². The van der Waals surface area contributed by atoms with E-state index in [1.165, 1.54) is 6.07 Å². The molecule has 1 rings (SSSR count). The van der Waals surface area contributed by atoms with Gasteiger partial charge in [-0.1, -0.05) is 17.0 Å². The quantitative estimate of drug-likeness (QED) is 0.220. The molecule has 4 nitrogen and oxygen atoms in total. The average molecular weight is 190 g/mol. The summed E-state index contributed by atoms with van der Waals surface area (Å²) in [7, 11) is 0. The molecule has 0 spiro atoms. The fourth-order valence-corrected chi connectivity index (χ4v) is 0.864. The van der Waals surface area contributed by atoms with Crippen LogP contribution in [0, 0.1) is 24.7 Å². The van der Waals surface area contributed by atoms with Gasteiger partial charge in [-0.05, 0) is 24.6 Å². The maximum Gasteiger partial charge on any atom is 0.213 e. The van der Waals surface area contributed by atoms with Crippen molar-refractivity contribution >= 4 is 0 Å². The molecule has 0 saturated carbocycles. The van der Waals surface area contributed by atoms with Gasteiger partial charge in [0.1, 0.15) is 0 Å². The Morgan fingerprint density at radius 1 is 1.64 bits per heavy atom. The zero-order valence-electron chi connectivity index (χ0n) is 7.53. The molecule has 0 aliphatic carbocycles. The number of pyridine rings is 1. The summed E-state index contributed by atoms with van der Waals surface area (Å²) in [6.45, 7) is 1.77. The van der Waals surface area contributed by atoms with E-state index in [-0.39, 0.29) is 6.54 Å². The van der Waals surface area contributed by atoms with Gasteiger partial charge in [0.2, 0.25) is 5.95 Å². The second kappa shape index (κ2) is 4.85. The molecule has 1 aromatic heterocycles. The predicted octanol–water partition coefficient (Wildman–Crippen LogP) is 2.19. The van der Waals surface area contributed by atoms with Crippen molar-refractivity contribution in [1.29, 1.82) is 0 Å². The zero-order valence-corrected chi connectivity index (χ0v) is 7.53. The molecule has 0 fully saturated rings. The van der Waals surface area contributed by atoms with E-state index in [1.807, 2.05) is 0 Å². The lowest BCUT2D eigenvalue weighted by Crippen LogP contribution is -1.90. The predicted molar refractivity (Wildman–Crippen MR) is 49.8 cm³/mol. The standard InChI is InChI=1S/C9H7FN4/c1-7-8(3-2-6-12-14-11)4-5-9(10)13-7/h4-5H,6H2,1H3. The molecule has 0 radical (unpaired) electrons. The topological polar surface area (TPSA) is 61.7 Å². The molecule has 0 saturated heterocycles. The number of aromatic nitrogens is 1. The monoisotopic (exact) mass is 190 g/mol. The molecule has 0 unspecified atom stereocenters. The highest BCUT2D eigenvalue weighted by molar-refractivity contribution is 5.37. The summed E-state index contributed by atoms with van der Waals surface area (Å²) in [5, 5.41) is 3.25. The van der Waals surface area contributed by atoms with Crippen molar-refractivity contribution < 1.29 is 4.39 Å². The van der Waals surface area contributed by atoms with Crippen molar-refractivity contribution in [3.8, 4) is 11.8 Å². The Morgan fingerprint density at radius 3 is 3.07 bits per heavy atom. The lowest BCUT2D eigenvalue weighted by Gasteiger charge is -1.95. The van der Waals surface area contributed by atoms with E-state index >= 15 is 0 Å². The Morgan fingerprint density at radius 2 is 2.43 bits per heavy atom. The van der Waals surface area contributed by atoms with Crippen molar-refractivity contribution in [2.75, 3.05) is 6.54 Å². The van der Waals surface area contributed by atoms with E-state index in [0.29, 0.717) is 11.3 Å². The minimum absolute atomic E-state index is 0.104. The first-order chi connectivity index (χ1) is 6.74. The first-order valence-electron chi connectivity index (χ1n) is 3.87. The average Bonchev–Trinajstić information content (AvgIpc) is 2.15. The third-order valence-corrected chi connectivity index (χ3v) is 1.49. The summed E-state index contributed by atoms with van der Waals surface area (Å²) in [6, 6.07) is 2.78. The number of rotatable bonds is 1. The molecule has 0 N–H and O–H groups in total. The Labute approximate surface area is 80.4 Å². The normalized spacial score (nSPS) is 8.43. The maximum atomic E-state index is 12.6. The van der Waals surface area contributed by atoms with Crippen molar-refractivity contribution in [1.82, 2.24) is 4.98 Å². The highest BCUT2D eigenvalue weighted by Crippen LogP contribution is 2.03. The Kier molecular flexibility index (Phi) is 3.48. The van der Waals surface area contributed by atoms with Crippen molar-refractivity contribution in [2.24, 2.45) is 5.11 Å². The zero-order chi connectivity index (χ0) is 10.4. The molecule has 0 amide bonds. The van der Waals surface area contributed by atoms with E-state index in [4.69, 9.17) is 5.53 Å². The summed E-state index contributed by atoms with van der Waals surface area (Å²) < 4.78 is 12.6. The van der Waals surface area contributed by atoms with Gasteiger partial charge in [0.05, 0.1) is 12.2 Å². The molecule has 0 bridgehead atoms. The summed E-state index contributed by atoms with van der Waals surface area (Å²) in [5.41, 5.74) is 9.15. The van der Waals surface area contributed by atoms with Crippen LogP contribution in [0.15, 0.2) is 17.2 Å². The van der Waals surface area contributed by atoms with E-state index < -0.39 is 5.95 Å². The highest BCUT2D eigenvalue weighted by atomic mass is 19.1. The molecule has 70 valence electrons. The minimum atomic E-state index is -0.525. The fraction of sp³-hybridized carbons (Fsp3) is 0.222. The molecule has 0 aliphatic heterocycles. The van der Waals surface area contributed by atoms with Crippen LogP contribution in [0.25, 0.3) is 10.4 Å². The molecule has 0 aromatic carbocycles. The van der Waals surface area contributed by atoms with Crippen LogP contribution in [-0.2, 0) is 0 Å². The lowest BCUT2D eigenvalue weighted by atomic mass is 10.2. The van der Waals surface area contributed by atoms with Gasteiger partial charge < -0.3 is 0 Å². The van der Waals surface area contributed by atoms with E-state index in [2.05, 4.69) is 26.9 Å². The third kappa shape index (κ3) is 2.77. The smallest absolute Gasteiger partial charge is 0.213 e.